The molecular weight excluding hydrogens is 297 g/mol. The summed E-state index contributed by atoms with van der Waals surface area (Å²) >= 11 is 9.02. The Bertz CT molecular complexity index is 398. The number of nitrogens with one attached hydrogen (secondary N) is 1. The smallest absolute Gasteiger partial charge is 0.235 e. The summed E-state index contributed by atoms with van der Waals surface area (Å²) in [6.07, 6.45) is 0. The van der Waals surface area contributed by atoms with E-state index in [1.807, 2.05) is 0 Å². The summed E-state index contributed by atoms with van der Waals surface area (Å²) < 4.78 is 10.2. The monoisotopic (exact) mass is 307 g/mol. The number of hydrogen-bond donors (Lipinski definition) is 1. The zero-order valence-electron chi connectivity index (χ0n) is 8.84. The molecule has 6 heteroatoms. The Morgan fingerprint density at radius 1 is 1.38 bits per heavy atom. The van der Waals surface area contributed by atoms with Crippen molar-refractivity contribution in [2.75, 3.05) is 24.9 Å². The third-order valence-corrected chi connectivity index (χ3v) is 2.69. The van der Waals surface area contributed by atoms with Gasteiger partial charge in [-0.3, -0.25) is 4.79 Å². The fourth-order valence-electron chi connectivity index (χ4n) is 1.13. The fraction of sp³-hybridized carbons (Fsp3) is 0.300. The number of hydrogen-bond acceptors (Lipinski definition) is 3. The Balaban J connectivity index is 3.06. The Morgan fingerprint density at radius 3 is 2.44 bits per heavy atom. The topological polar surface area (TPSA) is 47.6 Å². The molecule has 0 aliphatic rings. The number of benzene rings is 1. The van der Waals surface area contributed by atoms with E-state index < -0.39 is 0 Å². The van der Waals surface area contributed by atoms with Crippen molar-refractivity contribution in [3.05, 3.63) is 17.2 Å². The average molecular weight is 309 g/mol. The number of carbonyl (C=O) groups excluding carboxylic acids is 1. The maximum absolute atomic E-state index is 11.2. The van der Waals surface area contributed by atoms with Crippen LogP contribution >= 0.6 is 27.5 Å². The van der Waals surface area contributed by atoms with Gasteiger partial charge in [0.2, 0.25) is 5.91 Å². The average Bonchev–Trinajstić information content (AvgIpc) is 2.30. The van der Waals surface area contributed by atoms with E-state index in [9.17, 15) is 4.79 Å². The molecule has 0 heterocycles. The van der Waals surface area contributed by atoms with Crippen molar-refractivity contribution in [3.63, 3.8) is 0 Å². The first-order valence-corrected chi connectivity index (χ1v) is 5.89. The van der Waals surface area contributed by atoms with Gasteiger partial charge in [-0.25, -0.2) is 0 Å². The second-order valence-electron chi connectivity index (χ2n) is 2.87. The predicted molar refractivity (Wildman–Crippen MR) is 67.0 cm³/mol. The van der Waals surface area contributed by atoms with Gasteiger partial charge in [0, 0.05) is 12.1 Å². The lowest BCUT2D eigenvalue weighted by molar-refractivity contribution is -0.113. The number of alkyl halides is 1. The number of carbonyl (C=O) groups is 1. The molecule has 0 aliphatic carbocycles. The molecule has 0 aliphatic heterocycles. The number of halogens is 2. The Kier molecular flexibility index (Phi) is 4.89. The number of rotatable bonds is 4. The highest BCUT2D eigenvalue weighted by atomic mass is 79.9. The highest BCUT2D eigenvalue weighted by Crippen LogP contribution is 2.35. The molecule has 16 heavy (non-hydrogen) atoms. The zero-order chi connectivity index (χ0) is 12.1. The molecule has 1 rings (SSSR count). The fourth-order valence-corrected chi connectivity index (χ4v) is 1.47. The first-order valence-electron chi connectivity index (χ1n) is 4.39. The molecule has 88 valence electrons. The standard InChI is InChI=1S/C10H11BrClNO3/c1-15-8-3-6(12)7(4-9(8)16-2)13-10(14)5-11/h3-4H,5H2,1-2H3,(H,13,14). The van der Waals surface area contributed by atoms with E-state index in [4.69, 9.17) is 21.1 Å². The summed E-state index contributed by atoms with van der Waals surface area (Å²) in [5, 5.41) is 3.23. The van der Waals surface area contributed by atoms with E-state index in [1.54, 1.807) is 12.1 Å². The molecule has 0 spiro atoms. The van der Waals surface area contributed by atoms with Crippen molar-refractivity contribution < 1.29 is 14.3 Å². The second-order valence-corrected chi connectivity index (χ2v) is 3.84. The van der Waals surface area contributed by atoms with Crippen LogP contribution in [-0.4, -0.2) is 25.5 Å². The van der Waals surface area contributed by atoms with E-state index >= 15 is 0 Å². The van der Waals surface area contributed by atoms with E-state index in [1.165, 1.54) is 14.2 Å². The van der Waals surface area contributed by atoms with Crippen LogP contribution in [0.4, 0.5) is 5.69 Å². The number of amides is 1. The molecule has 1 N–H and O–H groups in total. The molecule has 0 radical (unpaired) electrons. The van der Waals surface area contributed by atoms with Crippen molar-refractivity contribution in [3.8, 4) is 11.5 Å². The second kappa shape index (κ2) is 5.96. The van der Waals surface area contributed by atoms with Gasteiger partial charge in [0.15, 0.2) is 11.5 Å². The highest BCUT2D eigenvalue weighted by Gasteiger charge is 2.11. The van der Waals surface area contributed by atoms with Crippen molar-refractivity contribution in [1.82, 2.24) is 0 Å². The third kappa shape index (κ3) is 3.02. The molecule has 0 saturated carbocycles. The van der Waals surface area contributed by atoms with Gasteiger partial charge in [0.05, 0.1) is 30.3 Å². The van der Waals surface area contributed by atoms with E-state index in [0.29, 0.717) is 22.2 Å². The molecule has 0 unspecified atom stereocenters. The molecule has 4 nitrogen and oxygen atoms in total. The molecule has 1 amide bonds. The molecular formula is C10H11BrClNO3. The van der Waals surface area contributed by atoms with Crippen LogP contribution in [0.3, 0.4) is 0 Å². The van der Waals surface area contributed by atoms with Crippen LogP contribution in [0.15, 0.2) is 12.1 Å². The van der Waals surface area contributed by atoms with E-state index in [2.05, 4.69) is 21.2 Å². The van der Waals surface area contributed by atoms with Crippen LogP contribution in [0.2, 0.25) is 5.02 Å². The third-order valence-electron chi connectivity index (χ3n) is 1.87. The van der Waals surface area contributed by atoms with Gasteiger partial charge in [-0.1, -0.05) is 27.5 Å². The molecule has 1 aromatic rings. The lowest BCUT2D eigenvalue weighted by Gasteiger charge is -2.11. The van der Waals surface area contributed by atoms with Gasteiger partial charge in [-0.15, -0.1) is 0 Å². The first kappa shape index (κ1) is 13.1. The summed E-state index contributed by atoms with van der Waals surface area (Å²) in [6.45, 7) is 0. The molecule has 0 saturated heterocycles. The van der Waals surface area contributed by atoms with Crippen molar-refractivity contribution >= 4 is 39.1 Å². The van der Waals surface area contributed by atoms with Crippen LogP contribution in [0.25, 0.3) is 0 Å². The van der Waals surface area contributed by atoms with Gasteiger partial charge < -0.3 is 14.8 Å². The number of anilines is 1. The molecule has 0 atom stereocenters. The van der Waals surface area contributed by atoms with Crippen LogP contribution in [-0.2, 0) is 4.79 Å². The Labute approximate surface area is 107 Å². The van der Waals surface area contributed by atoms with Crippen molar-refractivity contribution in [1.29, 1.82) is 0 Å². The quantitative estimate of drug-likeness (QED) is 0.870. The number of ether oxygens (including phenoxy) is 2. The van der Waals surface area contributed by atoms with Crippen LogP contribution in [0.5, 0.6) is 11.5 Å². The van der Waals surface area contributed by atoms with Crippen molar-refractivity contribution in [2.45, 2.75) is 0 Å². The van der Waals surface area contributed by atoms with Crippen LogP contribution in [0, 0.1) is 0 Å². The van der Waals surface area contributed by atoms with Crippen LogP contribution in [0.1, 0.15) is 0 Å². The lowest BCUT2D eigenvalue weighted by Crippen LogP contribution is -2.12. The Hall–Kier alpha value is -0.940. The lowest BCUT2D eigenvalue weighted by atomic mass is 10.2. The number of methoxy groups -OCH3 is 2. The van der Waals surface area contributed by atoms with Gasteiger partial charge >= 0.3 is 0 Å². The zero-order valence-corrected chi connectivity index (χ0v) is 11.2. The summed E-state index contributed by atoms with van der Waals surface area (Å²) in [5.74, 6) is 0.843. The first-order chi connectivity index (χ1) is 7.62. The maximum atomic E-state index is 11.2. The summed E-state index contributed by atoms with van der Waals surface area (Å²) in [5.41, 5.74) is 0.490. The minimum Gasteiger partial charge on any atom is -0.493 e. The van der Waals surface area contributed by atoms with E-state index in [0.717, 1.165) is 0 Å². The minimum atomic E-state index is -0.186. The summed E-state index contributed by atoms with van der Waals surface area (Å²) in [6, 6.07) is 3.20. The van der Waals surface area contributed by atoms with E-state index in [-0.39, 0.29) is 11.2 Å². The molecule has 0 fully saturated rings. The maximum Gasteiger partial charge on any atom is 0.235 e. The van der Waals surface area contributed by atoms with Gasteiger partial charge in [0.25, 0.3) is 0 Å². The summed E-state index contributed by atoms with van der Waals surface area (Å²) in [4.78, 5) is 11.2. The van der Waals surface area contributed by atoms with Gasteiger partial charge in [-0.05, 0) is 0 Å². The summed E-state index contributed by atoms with van der Waals surface area (Å²) in [7, 11) is 3.03. The largest absolute Gasteiger partial charge is 0.493 e. The van der Waals surface area contributed by atoms with Crippen LogP contribution < -0.4 is 14.8 Å². The molecule has 0 bridgehead atoms. The molecule has 1 aromatic carbocycles. The Morgan fingerprint density at radius 2 is 1.94 bits per heavy atom. The predicted octanol–water partition coefficient (Wildman–Crippen LogP) is 2.69. The van der Waals surface area contributed by atoms with Gasteiger partial charge in [0.1, 0.15) is 0 Å². The van der Waals surface area contributed by atoms with Gasteiger partial charge in [-0.2, -0.15) is 0 Å². The normalized spacial score (nSPS) is 9.75. The SMILES string of the molecule is COc1cc(Cl)c(NC(=O)CBr)cc1OC. The highest BCUT2D eigenvalue weighted by molar-refractivity contribution is 9.09. The minimum absolute atomic E-state index is 0.186. The molecule has 0 aromatic heterocycles. The van der Waals surface area contributed by atoms with Crippen molar-refractivity contribution in [2.24, 2.45) is 0 Å².